The van der Waals surface area contributed by atoms with Gasteiger partial charge in [-0.3, -0.25) is 0 Å². The molecule has 0 saturated heterocycles. The molecule has 0 radical (unpaired) electrons. The van der Waals surface area contributed by atoms with Gasteiger partial charge < -0.3 is 9.72 Å². The molecule has 0 aromatic carbocycles. The second-order valence-corrected chi connectivity index (χ2v) is 7.32. The van der Waals surface area contributed by atoms with E-state index in [1.165, 1.54) is 24.1 Å². The Kier molecular flexibility index (Phi) is 4.20. The molecule has 0 atom stereocenters. The smallest absolute Gasteiger partial charge is 0.140 e. The van der Waals surface area contributed by atoms with Crippen LogP contribution >= 0.6 is 24.0 Å². The first-order chi connectivity index (χ1) is 9.64. The maximum Gasteiger partial charge on any atom is 0.140 e. The average molecular weight is 310 g/mol. The number of aromatic amines is 1. The van der Waals surface area contributed by atoms with Crippen molar-refractivity contribution in [2.75, 3.05) is 6.61 Å². The third kappa shape index (κ3) is 2.55. The van der Waals surface area contributed by atoms with Gasteiger partial charge in [0, 0.05) is 29.4 Å². The van der Waals surface area contributed by atoms with Crippen LogP contribution < -0.4 is 0 Å². The lowest BCUT2D eigenvalue weighted by molar-refractivity contribution is -0.0838. The van der Waals surface area contributed by atoms with E-state index >= 15 is 0 Å². The Hall–Kier alpha value is -0.390. The minimum Gasteiger partial charge on any atom is -0.367 e. The van der Waals surface area contributed by atoms with Crippen LogP contribution in [0.25, 0.3) is 0 Å². The number of nitrogens with zero attached hydrogens (tertiary/aromatic N) is 1. The highest BCUT2D eigenvalue weighted by Crippen LogP contribution is 2.42. The van der Waals surface area contributed by atoms with Crippen LogP contribution in [0.5, 0.6) is 0 Å². The molecule has 0 spiro atoms. The summed E-state index contributed by atoms with van der Waals surface area (Å²) >= 11 is 7.40. The van der Waals surface area contributed by atoms with Crippen molar-refractivity contribution in [1.29, 1.82) is 0 Å². The second kappa shape index (κ2) is 5.78. The van der Waals surface area contributed by atoms with Gasteiger partial charge in [-0.25, -0.2) is 4.98 Å². The molecule has 110 valence electrons. The molecule has 0 unspecified atom stereocenters. The van der Waals surface area contributed by atoms with E-state index in [1.54, 1.807) is 0 Å². The summed E-state index contributed by atoms with van der Waals surface area (Å²) in [7, 11) is 0. The van der Waals surface area contributed by atoms with Gasteiger partial charge >= 0.3 is 0 Å². The number of rotatable bonds is 3. The quantitative estimate of drug-likeness (QED) is 0.843. The molecule has 1 saturated carbocycles. The second-order valence-electron chi connectivity index (χ2n) is 5.95. The maximum atomic E-state index is 6.17. The first kappa shape index (κ1) is 14.5. The molecule has 2 heterocycles. The van der Waals surface area contributed by atoms with Crippen molar-refractivity contribution < 1.29 is 4.74 Å². The zero-order valence-corrected chi connectivity index (χ0v) is 13.8. The highest BCUT2D eigenvalue weighted by atomic mass is 32.2. The fourth-order valence-corrected chi connectivity index (χ4v) is 4.69. The number of H-pyrrole nitrogens is 1. The minimum absolute atomic E-state index is 0.239. The van der Waals surface area contributed by atoms with Crippen molar-refractivity contribution in [2.24, 2.45) is 5.92 Å². The van der Waals surface area contributed by atoms with Crippen molar-refractivity contribution in [3.8, 4) is 0 Å². The summed E-state index contributed by atoms with van der Waals surface area (Å²) in [5, 5.41) is 0. The van der Waals surface area contributed by atoms with Crippen LogP contribution in [0.15, 0.2) is 0 Å². The first-order valence-corrected chi connectivity index (χ1v) is 9.05. The van der Waals surface area contributed by atoms with Crippen LogP contribution in [0.1, 0.15) is 56.6 Å². The lowest BCUT2D eigenvalue weighted by Gasteiger charge is -2.38. The van der Waals surface area contributed by atoms with Crippen molar-refractivity contribution in [1.82, 2.24) is 9.97 Å². The van der Waals surface area contributed by atoms with Gasteiger partial charge in [0.2, 0.25) is 0 Å². The summed E-state index contributed by atoms with van der Waals surface area (Å²) in [6, 6.07) is 0. The van der Waals surface area contributed by atoms with E-state index in [0.29, 0.717) is 0 Å². The Labute approximate surface area is 129 Å². The molecule has 20 heavy (non-hydrogen) atoms. The SMILES string of the molecule is CCOC1(c2nc(=S)c3c([nH]2)CSC3)CCC(C)CC1. The number of thioether (sulfide) groups is 1. The van der Waals surface area contributed by atoms with Crippen molar-refractivity contribution in [2.45, 2.75) is 56.6 Å². The number of aromatic nitrogens is 2. The van der Waals surface area contributed by atoms with Gasteiger partial charge in [0.05, 0.1) is 0 Å². The highest BCUT2D eigenvalue weighted by Gasteiger charge is 2.39. The Bertz CT molecular complexity index is 547. The number of fused-ring (bicyclic) bond motifs is 1. The van der Waals surface area contributed by atoms with E-state index in [4.69, 9.17) is 21.9 Å². The number of nitrogens with one attached hydrogen (secondary N) is 1. The summed E-state index contributed by atoms with van der Waals surface area (Å²) in [6.07, 6.45) is 4.50. The topological polar surface area (TPSA) is 37.9 Å². The molecule has 3 rings (SSSR count). The van der Waals surface area contributed by atoms with Gasteiger partial charge in [0.25, 0.3) is 0 Å². The molecule has 1 aromatic rings. The third-order valence-electron chi connectivity index (χ3n) is 4.53. The third-order valence-corrected chi connectivity index (χ3v) is 5.86. The van der Waals surface area contributed by atoms with Gasteiger partial charge in [0.15, 0.2) is 0 Å². The largest absolute Gasteiger partial charge is 0.367 e. The Morgan fingerprint density at radius 2 is 2.15 bits per heavy atom. The first-order valence-electron chi connectivity index (χ1n) is 7.49. The molecule has 1 aliphatic carbocycles. The average Bonchev–Trinajstić information content (AvgIpc) is 2.91. The van der Waals surface area contributed by atoms with Crippen LogP contribution in [0.3, 0.4) is 0 Å². The molecule has 1 aliphatic heterocycles. The predicted octanol–water partition coefficient (Wildman–Crippen LogP) is 4.33. The highest BCUT2D eigenvalue weighted by molar-refractivity contribution is 7.98. The van der Waals surface area contributed by atoms with Gasteiger partial charge in [0.1, 0.15) is 16.1 Å². The molecule has 1 aromatic heterocycles. The molecular formula is C15H22N2OS2. The minimum atomic E-state index is -0.239. The summed E-state index contributed by atoms with van der Waals surface area (Å²) < 4.78 is 6.95. The fourth-order valence-electron chi connectivity index (χ4n) is 3.24. The lowest BCUT2D eigenvalue weighted by atomic mass is 9.78. The van der Waals surface area contributed by atoms with Crippen LogP contribution in [0, 0.1) is 10.6 Å². The zero-order valence-electron chi connectivity index (χ0n) is 12.2. The van der Waals surface area contributed by atoms with Crippen molar-refractivity contribution in [3.63, 3.8) is 0 Å². The summed E-state index contributed by atoms with van der Waals surface area (Å²) in [4.78, 5) is 8.26. The van der Waals surface area contributed by atoms with Gasteiger partial charge in [-0.2, -0.15) is 11.8 Å². The van der Waals surface area contributed by atoms with E-state index in [9.17, 15) is 0 Å². The van der Waals surface area contributed by atoms with E-state index in [0.717, 1.165) is 47.3 Å². The van der Waals surface area contributed by atoms with Gasteiger partial charge in [-0.15, -0.1) is 0 Å². The molecule has 0 bridgehead atoms. The Balaban J connectivity index is 2.00. The van der Waals surface area contributed by atoms with Gasteiger partial charge in [-0.1, -0.05) is 19.1 Å². The Morgan fingerprint density at radius 3 is 2.85 bits per heavy atom. The standard InChI is InChI=1S/C15H22N2OS2/c1-3-18-15(6-4-10(2)5-7-15)14-16-12-9-20-8-11(12)13(19)17-14/h10H,3-9H2,1-2H3,(H,16,17,19). The summed E-state index contributed by atoms with van der Waals surface area (Å²) in [5.74, 6) is 3.78. The molecule has 0 amide bonds. The number of hydrogen-bond donors (Lipinski definition) is 1. The van der Waals surface area contributed by atoms with Crippen molar-refractivity contribution in [3.05, 3.63) is 21.7 Å². The maximum absolute atomic E-state index is 6.17. The monoisotopic (exact) mass is 310 g/mol. The van der Waals surface area contributed by atoms with Crippen LogP contribution in [-0.2, 0) is 21.8 Å². The molecule has 1 fully saturated rings. The molecule has 1 N–H and O–H groups in total. The van der Waals surface area contributed by atoms with E-state index in [1.807, 2.05) is 11.8 Å². The normalized spacial score (nSPS) is 29.4. The fraction of sp³-hybridized carbons (Fsp3) is 0.733. The van der Waals surface area contributed by atoms with E-state index in [-0.39, 0.29) is 5.60 Å². The predicted molar refractivity (Wildman–Crippen MR) is 85.4 cm³/mol. The van der Waals surface area contributed by atoms with Gasteiger partial charge in [-0.05, 0) is 38.5 Å². The lowest BCUT2D eigenvalue weighted by Crippen LogP contribution is -2.36. The summed E-state index contributed by atoms with van der Waals surface area (Å²) in [6.45, 7) is 5.12. The molecule has 2 aliphatic rings. The van der Waals surface area contributed by atoms with Crippen molar-refractivity contribution >= 4 is 24.0 Å². The molecular weight excluding hydrogens is 288 g/mol. The zero-order chi connectivity index (χ0) is 14.2. The van der Waals surface area contributed by atoms with E-state index < -0.39 is 0 Å². The van der Waals surface area contributed by atoms with E-state index in [2.05, 4.69) is 18.8 Å². The summed E-state index contributed by atoms with van der Waals surface area (Å²) in [5.41, 5.74) is 2.25. The van der Waals surface area contributed by atoms with Crippen LogP contribution in [-0.4, -0.2) is 16.6 Å². The van der Waals surface area contributed by atoms with Crippen LogP contribution in [0.4, 0.5) is 0 Å². The number of hydrogen-bond acceptors (Lipinski definition) is 4. The number of ether oxygens (including phenoxy) is 1. The van der Waals surface area contributed by atoms with Crippen LogP contribution in [0.2, 0.25) is 0 Å². The molecule has 5 heteroatoms. The Morgan fingerprint density at radius 1 is 1.40 bits per heavy atom. The molecule has 3 nitrogen and oxygen atoms in total.